The summed E-state index contributed by atoms with van der Waals surface area (Å²) in [7, 11) is 1.67. The predicted octanol–water partition coefficient (Wildman–Crippen LogP) is 3.93. The fourth-order valence-electron chi connectivity index (χ4n) is 4.51. The molecule has 2 bridgehead atoms. The maximum atomic E-state index is 12.8. The Kier molecular flexibility index (Phi) is 4.32. The van der Waals surface area contributed by atoms with E-state index in [0.29, 0.717) is 11.7 Å². The Hall–Kier alpha value is -2.79. The topological polar surface area (TPSA) is 54.7 Å². The molecule has 0 unspecified atom stereocenters. The smallest absolute Gasteiger partial charge is 0.287 e. The van der Waals surface area contributed by atoms with Crippen LogP contribution in [0.15, 0.2) is 52.9 Å². The lowest BCUT2D eigenvalue weighted by Crippen LogP contribution is -2.57. The lowest BCUT2D eigenvalue weighted by atomic mass is 9.84. The first-order valence-corrected chi connectivity index (χ1v) is 9.91. The van der Waals surface area contributed by atoms with Crippen molar-refractivity contribution in [3.8, 4) is 16.9 Å². The highest BCUT2D eigenvalue weighted by Gasteiger charge is 2.35. The van der Waals surface area contributed by atoms with Crippen LogP contribution >= 0.6 is 0 Å². The number of ether oxygens (including phenoxy) is 1. The summed E-state index contributed by atoms with van der Waals surface area (Å²) < 4.78 is 11.2. The van der Waals surface area contributed by atoms with Crippen molar-refractivity contribution in [3.63, 3.8) is 0 Å². The van der Waals surface area contributed by atoms with E-state index in [9.17, 15) is 4.79 Å². The van der Waals surface area contributed by atoms with Gasteiger partial charge in [0.25, 0.3) is 5.91 Å². The van der Waals surface area contributed by atoms with Gasteiger partial charge in [0.15, 0.2) is 5.76 Å². The van der Waals surface area contributed by atoms with Crippen molar-refractivity contribution in [3.05, 3.63) is 54.3 Å². The molecule has 2 aromatic carbocycles. The number of furan rings is 1. The number of hydrogen-bond acceptors (Lipinski definition) is 4. The van der Waals surface area contributed by atoms with Crippen molar-refractivity contribution in [1.29, 1.82) is 0 Å². The molecule has 0 spiro atoms. The number of carbonyl (C=O) groups is 1. The van der Waals surface area contributed by atoms with Crippen LogP contribution in [0.5, 0.6) is 5.75 Å². The van der Waals surface area contributed by atoms with E-state index in [1.807, 2.05) is 42.5 Å². The number of hydrogen-bond donors (Lipinski definition) is 1. The summed E-state index contributed by atoms with van der Waals surface area (Å²) in [5.41, 5.74) is 2.86. The van der Waals surface area contributed by atoms with E-state index in [-0.39, 0.29) is 11.9 Å². The predicted molar refractivity (Wildman–Crippen MR) is 109 cm³/mol. The number of nitrogens with zero attached hydrogens (tertiary/aromatic N) is 1. The fraction of sp³-hybridized carbons (Fsp3) is 0.348. The van der Waals surface area contributed by atoms with Crippen LogP contribution in [-0.4, -0.2) is 43.6 Å². The lowest BCUT2D eigenvalue weighted by Gasteiger charge is -2.44. The second-order valence-corrected chi connectivity index (χ2v) is 7.81. The Bertz CT molecular complexity index is 1020. The largest absolute Gasteiger partial charge is 0.497 e. The maximum Gasteiger partial charge on any atom is 0.287 e. The SMILES string of the molecule is COc1cccc(-c2ccc3oc(C(=O)N[C@H]4CN5CCC4CC5)cc3c2)c1. The van der Waals surface area contributed by atoms with Crippen LogP contribution in [0, 0.1) is 5.92 Å². The van der Waals surface area contributed by atoms with Gasteiger partial charge >= 0.3 is 0 Å². The molecule has 4 heterocycles. The van der Waals surface area contributed by atoms with Gasteiger partial charge in [-0.2, -0.15) is 0 Å². The molecule has 1 atom stereocenters. The molecule has 1 aromatic heterocycles. The van der Waals surface area contributed by atoms with Gasteiger partial charge in [-0.3, -0.25) is 4.79 Å². The third kappa shape index (κ3) is 3.16. The number of rotatable bonds is 4. The Labute approximate surface area is 164 Å². The van der Waals surface area contributed by atoms with Gasteiger partial charge in [-0.25, -0.2) is 0 Å². The van der Waals surface area contributed by atoms with Crippen LogP contribution in [0.25, 0.3) is 22.1 Å². The number of benzene rings is 2. The van der Waals surface area contributed by atoms with E-state index in [2.05, 4.69) is 16.3 Å². The van der Waals surface area contributed by atoms with Crippen LogP contribution < -0.4 is 10.1 Å². The first-order valence-electron chi connectivity index (χ1n) is 9.91. The molecule has 28 heavy (non-hydrogen) atoms. The zero-order valence-corrected chi connectivity index (χ0v) is 16.0. The van der Waals surface area contributed by atoms with E-state index < -0.39 is 0 Å². The normalized spacial score (nSPS) is 23.7. The minimum atomic E-state index is -0.113. The first kappa shape index (κ1) is 17.3. The number of piperidine rings is 3. The Morgan fingerprint density at radius 3 is 2.68 bits per heavy atom. The van der Waals surface area contributed by atoms with Gasteiger partial charge in [-0.15, -0.1) is 0 Å². The van der Waals surface area contributed by atoms with Gasteiger partial charge in [-0.1, -0.05) is 18.2 Å². The van der Waals surface area contributed by atoms with Gasteiger partial charge in [0.05, 0.1) is 7.11 Å². The van der Waals surface area contributed by atoms with Crippen LogP contribution in [-0.2, 0) is 0 Å². The molecular weight excluding hydrogens is 352 g/mol. The van der Waals surface area contributed by atoms with E-state index in [4.69, 9.17) is 9.15 Å². The van der Waals surface area contributed by atoms with Gasteiger partial charge in [0, 0.05) is 18.0 Å². The average Bonchev–Trinajstić information content (AvgIpc) is 3.18. The summed E-state index contributed by atoms with van der Waals surface area (Å²) in [6.07, 6.45) is 2.35. The number of amides is 1. The van der Waals surface area contributed by atoms with Crippen molar-refractivity contribution in [2.75, 3.05) is 26.7 Å². The zero-order chi connectivity index (χ0) is 19.1. The zero-order valence-electron chi connectivity index (χ0n) is 16.0. The highest BCUT2D eigenvalue weighted by Crippen LogP contribution is 2.30. The molecule has 3 fully saturated rings. The summed E-state index contributed by atoms with van der Waals surface area (Å²) in [6.45, 7) is 3.28. The number of methoxy groups -OCH3 is 1. The third-order valence-corrected chi connectivity index (χ3v) is 6.12. The van der Waals surface area contributed by atoms with Gasteiger partial charge < -0.3 is 19.4 Å². The molecule has 0 radical (unpaired) electrons. The van der Waals surface area contributed by atoms with Gasteiger partial charge in [0.1, 0.15) is 11.3 Å². The molecule has 3 aliphatic heterocycles. The van der Waals surface area contributed by atoms with Crippen LogP contribution in [0.2, 0.25) is 0 Å². The van der Waals surface area contributed by atoms with Crippen molar-refractivity contribution < 1.29 is 13.9 Å². The second kappa shape index (κ2) is 6.99. The average molecular weight is 376 g/mol. The minimum absolute atomic E-state index is 0.113. The molecule has 5 nitrogen and oxygen atoms in total. The minimum Gasteiger partial charge on any atom is -0.497 e. The Morgan fingerprint density at radius 2 is 1.93 bits per heavy atom. The summed E-state index contributed by atoms with van der Waals surface area (Å²) in [4.78, 5) is 15.2. The standard InChI is InChI=1S/C23H24N2O3/c1-27-19-4-2-3-16(12-19)17-5-6-21-18(11-17)13-22(28-21)23(26)24-20-14-25-9-7-15(20)8-10-25/h2-6,11-13,15,20H,7-10,14H2,1H3,(H,24,26)/t20-/m0/s1. The lowest BCUT2D eigenvalue weighted by molar-refractivity contribution is 0.0607. The van der Waals surface area contributed by atoms with Crippen molar-refractivity contribution in [1.82, 2.24) is 10.2 Å². The molecule has 1 N–H and O–H groups in total. The Morgan fingerprint density at radius 1 is 1.11 bits per heavy atom. The van der Waals surface area contributed by atoms with E-state index in [1.54, 1.807) is 7.11 Å². The van der Waals surface area contributed by atoms with Crippen molar-refractivity contribution in [2.24, 2.45) is 5.92 Å². The molecule has 3 saturated heterocycles. The first-order chi connectivity index (χ1) is 13.7. The molecular formula is C23H24N2O3. The third-order valence-electron chi connectivity index (χ3n) is 6.12. The highest BCUT2D eigenvalue weighted by molar-refractivity contribution is 5.97. The molecule has 0 saturated carbocycles. The molecule has 3 aliphatic rings. The van der Waals surface area contributed by atoms with Crippen LogP contribution in [0.3, 0.4) is 0 Å². The quantitative estimate of drug-likeness (QED) is 0.750. The number of nitrogens with one attached hydrogen (secondary N) is 1. The van der Waals surface area contributed by atoms with E-state index >= 15 is 0 Å². The second-order valence-electron chi connectivity index (χ2n) is 7.81. The fourth-order valence-corrected chi connectivity index (χ4v) is 4.51. The van der Waals surface area contributed by atoms with Crippen LogP contribution in [0.4, 0.5) is 0 Å². The number of fused-ring (bicyclic) bond motifs is 4. The van der Waals surface area contributed by atoms with Crippen LogP contribution in [0.1, 0.15) is 23.4 Å². The van der Waals surface area contributed by atoms with Gasteiger partial charge in [0.2, 0.25) is 0 Å². The molecule has 0 aliphatic carbocycles. The van der Waals surface area contributed by atoms with E-state index in [1.165, 1.54) is 12.8 Å². The molecule has 1 amide bonds. The maximum absolute atomic E-state index is 12.8. The summed E-state index contributed by atoms with van der Waals surface area (Å²) in [5.74, 6) is 1.69. The molecule has 144 valence electrons. The van der Waals surface area contributed by atoms with Crippen molar-refractivity contribution >= 4 is 16.9 Å². The Balaban J connectivity index is 1.38. The molecule has 6 rings (SSSR count). The van der Waals surface area contributed by atoms with Crippen molar-refractivity contribution in [2.45, 2.75) is 18.9 Å². The monoisotopic (exact) mass is 376 g/mol. The molecule has 3 aromatic rings. The van der Waals surface area contributed by atoms with Gasteiger partial charge in [-0.05, 0) is 73.3 Å². The number of carbonyl (C=O) groups excluding carboxylic acids is 1. The summed E-state index contributed by atoms with van der Waals surface area (Å²) >= 11 is 0. The summed E-state index contributed by atoms with van der Waals surface area (Å²) in [5, 5.41) is 4.13. The highest BCUT2D eigenvalue weighted by atomic mass is 16.5. The van der Waals surface area contributed by atoms with E-state index in [0.717, 1.165) is 47.5 Å². The summed E-state index contributed by atoms with van der Waals surface area (Å²) in [6, 6.07) is 16.0. The molecule has 5 heteroatoms.